The van der Waals surface area contributed by atoms with Gasteiger partial charge in [-0.15, -0.1) is 0 Å². The number of halogens is 4. The van der Waals surface area contributed by atoms with Crippen LogP contribution in [0.4, 0.5) is 18.9 Å². The minimum absolute atomic E-state index is 0.136. The molecule has 2 aromatic carbocycles. The number of hydrogen-bond acceptors (Lipinski definition) is 1. The Morgan fingerprint density at radius 3 is 2.28 bits per heavy atom. The maximum absolute atomic E-state index is 13.3. The molecule has 0 amide bonds. The third-order valence-corrected chi connectivity index (χ3v) is 2.73. The van der Waals surface area contributed by atoms with Crippen LogP contribution in [-0.4, -0.2) is 0 Å². The van der Waals surface area contributed by atoms with Gasteiger partial charge < -0.3 is 5.32 Å². The van der Waals surface area contributed by atoms with Crippen molar-refractivity contribution in [1.29, 1.82) is 0 Å². The molecule has 0 aliphatic rings. The number of nitrogens with one attached hydrogen (secondary N) is 1. The fourth-order valence-corrected chi connectivity index (χ4v) is 1.72. The highest BCUT2D eigenvalue weighted by atomic mass is 35.5. The second-order valence-electron chi connectivity index (χ2n) is 3.71. The van der Waals surface area contributed by atoms with Crippen molar-refractivity contribution in [2.24, 2.45) is 0 Å². The Labute approximate surface area is 107 Å². The van der Waals surface area contributed by atoms with Crippen LogP contribution in [0.3, 0.4) is 0 Å². The molecule has 0 bridgehead atoms. The highest BCUT2D eigenvalue weighted by Gasteiger charge is 2.05. The fraction of sp³-hybridized carbons (Fsp3) is 0.0769. The topological polar surface area (TPSA) is 12.0 Å². The van der Waals surface area contributed by atoms with E-state index in [-0.39, 0.29) is 11.6 Å². The first-order valence-electron chi connectivity index (χ1n) is 5.19. The van der Waals surface area contributed by atoms with E-state index in [2.05, 4.69) is 5.32 Å². The predicted molar refractivity (Wildman–Crippen MR) is 65.1 cm³/mol. The van der Waals surface area contributed by atoms with Crippen molar-refractivity contribution >= 4 is 17.3 Å². The van der Waals surface area contributed by atoms with Crippen molar-refractivity contribution in [2.75, 3.05) is 5.32 Å². The quantitative estimate of drug-likeness (QED) is 0.874. The van der Waals surface area contributed by atoms with Gasteiger partial charge in [-0.3, -0.25) is 0 Å². The second kappa shape index (κ2) is 5.31. The molecule has 1 nitrogen and oxygen atoms in total. The molecule has 0 heterocycles. The van der Waals surface area contributed by atoms with Crippen molar-refractivity contribution < 1.29 is 13.2 Å². The third kappa shape index (κ3) is 2.96. The summed E-state index contributed by atoms with van der Waals surface area (Å²) in [4.78, 5) is 0. The van der Waals surface area contributed by atoms with Gasteiger partial charge in [-0.05, 0) is 24.3 Å². The molecule has 0 fully saturated rings. The van der Waals surface area contributed by atoms with Crippen LogP contribution in [0.2, 0.25) is 5.02 Å². The molecular formula is C13H9ClF3N. The first kappa shape index (κ1) is 12.8. The summed E-state index contributed by atoms with van der Waals surface area (Å²) in [6.45, 7) is 0.136. The van der Waals surface area contributed by atoms with E-state index in [9.17, 15) is 13.2 Å². The van der Waals surface area contributed by atoms with E-state index >= 15 is 0 Å². The molecular weight excluding hydrogens is 263 g/mol. The van der Waals surface area contributed by atoms with Crippen molar-refractivity contribution in [3.8, 4) is 0 Å². The second-order valence-corrected chi connectivity index (χ2v) is 4.12. The Morgan fingerprint density at radius 2 is 1.61 bits per heavy atom. The summed E-state index contributed by atoms with van der Waals surface area (Å²) in [7, 11) is 0. The minimum atomic E-state index is -0.638. The first-order valence-corrected chi connectivity index (χ1v) is 5.57. The van der Waals surface area contributed by atoms with Gasteiger partial charge in [0.05, 0.1) is 10.7 Å². The molecule has 0 saturated heterocycles. The van der Waals surface area contributed by atoms with Gasteiger partial charge in [0.1, 0.15) is 17.5 Å². The molecule has 0 aliphatic carbocycles. The Hall–Kier alpha value is -1.68. The average molecular weight is 272 g/mol. The number of anilines is 1. The maximum Gasteiger partial charge on any atom is 0.131 e. The van der Waals surface area contributed by atoms with E-state index in [1.165, 1.54) is 24.3 Å². The van der Waals surface area contributed by atoms with Crippen molar-refractivity contribution in [3.63, 3.8) is 0 Å². The van der Waals surface area contributed by atoms with Crippen LogP contribution in [0.25, 0.3) is 0 Å². The van der Waals surface area contributed by atoms with Gasteiger partial charge in [0.15, 0.2) is 0 Å². The molecule has 1 N–H and O–H groups in total. The van der Waals surface area contributed by atoms with Crippen molar-refractivity contribution in [3.05, 3.63) is 64.4 Å². The third-order valence-electron chi connectivity index (χ3n) is 2.42. The van der Waals surface area contributed by atoms with E-state index in [1.54, 1.807) is 0 Å². The summed E-state index contributed by atoms with van der Waals surface area (Å²) in [5.74, 6) is -1.71. The molecule has 5 heteroatoms. The van der Waals surface area contributed by atoms with E-state index in [4.69, 9.17) is 11.6 Å². The van der Waals surface area contributed by atoms with Gasteiger partial charge >= 0.3 is 0 Å². The highest BCUT2D eigenvalue weighted by molar-refractivity contribution is 6.33. The number of benzene rings is 2. The molecule has 0 radical (unpaired) electrons. The molecule has 2 aromatic rings. The van der Waals surface area contributed by atoms with Gasteiger partial charge in [0.25, 0.3) is 0 Å². The van der Waals surface area contributed by atoms with Gasteiger partial charge in [-0.2, -0.15) is 0 Å². The molecule has 0 saturated carbocycles. The fourth-order valence-electron chi connectivity index (χ4n) is 1.49. The van der Waals surface area contributed by atoms with E-state index in [0.717, 1.165) is 12.1 Å². The van der Waals surface area contributed by atoms with Crippen LogP contribution in [0.5, 0.6) is 0 Å². The number of hydrogen-bond donors (Lipinski definition) is 1. The SMILES string of the molecule is Fc1ccc(CNc2ccc(F)cc2Cl)c(F)c1. The molecule has 0 unspecified atom stereocenters. The average Bonchev–Trinajstić information content (AvgIpc) is 2.30. The molecule has 94 valence electrons. The summed E-state index contributed by atoms with van der Waals surface area (Å²) >= 11 is 5.80. The van der Waals surface area contributed by atoms with Crippen LogP contribution in [0, 0.1) is 17.5 Å². The lowest BCUT2D eigenvalue weighted by atomic mass is 10.2. The summed E-state index contributed by atoms with van der Waals surface area (Å²) in [5.41, 5.74) is 0.790. The van der Waals surface area contributed by atoms with E-state index in [1.807, 2.05) is 0 Å². The van der Waals surface area contributed by atoms with Gasteiger partial charge in [0.2, 0.25) is 0 Å². The van der Waals surface area contributed by atoms with Crippen LogP contribution in [0.1, 0.15) is 5.56 Å². The Kier molecular flexibility index (Phi) is 3.77. The van der Waals surface area contributed by atoms with Crippen LogP contribution < -0.4 is 5.32 Å². The molecule has 0 aliphatic heterocycles. The Balaban J connectivity index is 2.11. The lowest BCUT2D eigenvalue weighted by Gasteiger charge is -2.09. The van der Waals surface area contributed by atoms with Crippen molar-refractivity contribution in [1.82, 2.24) is 0 Å². The summed E-state index contributed by atoms with van der Waals surface area (Å²) in [6.07, 6.45) is 0. The minimum Gasteiger partial charge on any atom is -0.380 e. The first-order chi connectivity index (χ1) is 8.56. The normalized spacial score (nSPS) is 10.4. The van der Waals surface area contributed by atoms with Gasteiger partial charge in [-0.25, -0.2) is 13.2 Å². The molecule has 0 spiro atoms. The van der Waals surface area contributed by atoms with Crippen LogP contribution in [0.15, 0.2) is 36.4 Å². The van der Waals surface area contributed by atoms with Gasteiger partial charge in [-0.1, -0.05) is 17.7 Å². The van der Waals surface area contributed by atoms with Crippen molar-refractivity contribution in [2.45, 2.75) is 6.54 Å². The Bertz CT molecular complexity index is 521. The van der Waals surface area contributed by atoms with Crippen LogP contribution in [-0.2, 0) is 6.54 Å². The number of rotatable bonds is 3. The zero-order chi connectivity index (χ0) is 13.1. The standard InChI is InChI=1S/C13H9ClF3N/c14-11-5-9(15)3-4-13(11)18-7-8-1-2-10(16)6-12(8)17/h1-6,18H,7H2. The summed E-state index contributed by atoms with van der Waals surface area (Å²) < 4.78 is 38.8. The molecule has 0 atom stereocenters. The summed E-state index contributed by atoms with van der Waals surface area (Å²) in [5, 5.41) is 3.06. The smallest absolute Gasteiger partial charge is 0.131 e. The van der Waals surface area contributed by atoms with Crippen LogP contribution >= 0.6 is 11.6 Å². The molecule has 2 rings (SSSR count). The molecule has 0 aromatic heterocycles. The molecule has 18 heavy (non-hydrogen) atoms. The van der Waals surface area contributed by atoms with E-state index in [0.29, 0.717) is 11.3 Å². The largest absolute Gasteiger partial charge is 0.380 e. The lowest BCUT2D eigenvalue weighted by molar-refractivity contribution is 0.574. The monoisotopic (exact) mass is 271 g/mol. The highest BCUT2D eigenvalue weighted by Crippen LogP contribution is 2.23. The predicted octanol–water partition coefficient (Wildman–Crippen LogP) is 4.37. The van der Waals surface area contributed by atoms with Gasteiger partial charge in [0, 0.05) is 18.2 Å². The zero-order valence-corrected chi connectivity index (χ0v) is 9.94. The van der Waals surface area contributed by atoms with E-state index < -0.39 is 17.5 Å². The maximum atomic E-state index is 13.3. The Morgan fingerprint density at radius 1 is 0.944 bits per heavy atom. The summed E-state index contributed by atoms with van der Waals surface area (Å²) in [6, 6.07) is 7.18. The zero-order valence-electron chi connectivity index (χ0n) is 9.18. The lowest BCUT2D eigenvalue weighted by Crippen LogP contribution is -2.02.